The summed E-state index contributed by atoms with van der Waals surface area (Å²) < 4.78 is 0. The Kier molecular flexibility index (Phi) is 7.25. The van der Waals surface area contributed by atoms with E-state index in [0.29, 0.717) is 26.3 Å². The third-order valence-corrected chi connectivity index (χ3v) is 4.10. The zero-order valence-electron chi connectivity index (χ0n) is 12.9. The first-order valence-electron chi connectivity index (χ1n) is 7.27. The van der Waals surface area contributed by atoms with Gasteiger partial charge in [0.25, 0.3) is 0 Å². The first kappa shape index (κ1) is 19.2. The van der Waals surface area contributed by atoms with E-state index >= 15 is 0 Å². The van der Waals surface area contributed by atoms with Crippen LogP contribution in [0.15, 0.2) is 47.6 Å². The van der Waals surface area contributed by atoms with Gasteiger partial charge in [0.15, 0.2) is 0 Å². The number of hydrogen-bond acceptors (Lipinski definition) is 3. The number of benzene rings is 2. The van der Waals surface area contributed by atoms with Crippen LogP contribution in [0.3, 0.4) is 0 Å². The lowest BCUT2D eigenvalue weighted by molar-refractivity contribution is -0.124. The van der Waals surface area contributed by atoms with Crippen LogP contribution in [0.2, 0.25) is 15.1 Å². The fourth-order valence-electron chi connectivity index (χ4n) is 1.86. The number of carbonyl (C=O) groups excluding carboxylic acids is 2. The third-order valence-electron chi connectivity index (χ3n) is 3.11. The van der Waals surface area contributed by atoms with Crippen LogP contribution in [0, 0.1) is 0 Å². The zero-order valence-corrected chi connectivity index (χ0v) is 15.2. The molecule has 0 unspecified atom stereocenters. The number of hydrazone groups is 1. The van der Waals surface area contributed by atoms with Gasteiger partial charge in [0.2, 0.25) is 11.8 Å². The van der Waals surface area contributed by atoms with E-state index in [0.717, 1.165) is 0 Å². The van der Waals surface area contributed by atoms with Crippen molar-refractivity contribution in [2.24, 2.45) is 5.10 Å². The van der Waals surface area contributed by atoms with Crippen LogP contribution in [-0.4, -0.2) is 18.0 Å². The number of nitrogens with one attached hydrogen (secondary N) is 2. The quantitative estimate of drug-likeness (QED) is 0.555. The summed E-state index contributed by atoms with van der Waals surface area (Å²) in [5.41, 5.74) is 3.33. The second kappa shape index (κ2) is 9.42. The molecule has 0 saturated heterocycles. The molecule has 5 nitrogen and oxygen atoms in total. The van der Waals surface area contributed by atoms with Crippen molar-refractivity contribution in [3.05, 3.63) is 63.1 Å². The van der Waals surface area contributed by atoms with Crippen LogP contribution in [0.5, 0.6) is 0 Å². The molecule has 0 spiro atoms. The Balaban J connectivity index is 1.80. The topological polar surface area (TPSA) is 70.6 Å². The number of halogens is 3. The first-order valence-corrected chi connectivity index (χ1v) is 8.41. The summed E-state index contributed by atoms with van der Waals surface area (Å²) >= 11 is 17.9. The minimum atomic E-state index is -0.409. The summed E-state index contributed by atoms with van der Waals surface area (Å²) in [4.78, 5) is 23.6. The van der Waals surface area contributed by atoms with Crippen LogP contribution in [0.25, 0.3) is 0 Å². The van der Waals surface area contributed by atoms with E-state index in [-0.39, 0.29) is 18.7 Å². The van der Waals surface area contributed by atoms with Crippen molar-refractivity contribution in [2.45, 2.75) is 12.8 Å². The molecule has 0 aromatic heterocycles. The number of para-hydroxylation sites is 1. The van der Waals surface area contributed by atoms with Gasteiger partial charge in [-0.2, -0.15) is 5.10 Å². The van der Waals surface area contributed by atoms with Gasteiger partial charge in [0.05, 0.1) is 27.0 Å². The standard InChI is InChI=1S/C17H14Cl3N3O2/c18-12-5-3-6-13(19)11(12)10-21-23-17(25)9-8-16(24)22-15-7-2-1-4-14(15)20/h1-7,10H,8-9H2,(H,22,24)(H,23,25)/b21-10+. The summed E-state index contributed by atoms with van der Waals surface area (Å²) in [6.45, 7) is 0. The maximum atomic E-state index is 11.8. The lowest BCUT2D eigenvalue weighted by atomic mass is 10.2. The molecule has 0 saturated carbocycles. The molecule has 2 aromatic rings. The summed E-state index contributed by atoms with van der Waals surface area (Å²) in [5.74, 6) is -0.727. The molecule has 0 radical (unpaired) electrons. The van der Waals surface area contributed by atoms with Crippen molar-refractivity contribution in [3.8, 4) is 0 Å². The van der Waals surface area contributed by atoms with E-state index in [9.17, 15) is 9.59 Å². The van der Waals surface area contributed by atoms with Gasteiger partial charge < -0.3 is 5.32 Å². The molecule has 2 rings (SSSR count). The van der Waals surface area contributed by atoms with E-state index in [1.54, 1.807) is 42.5 Å². The Labute approximate surface area is 160 Å². The molecule has 2 aromatic carbocycles. The van der Waals surface area contributed by atoms with Crippen LogP contribution >= 0.6 is 34.8 Å². The first-order chi connectivity index (χ1) is 12.0. The Bertz CT molecular complexity index is 789. The van der Waals surface area contributed by atoms with Crippen molar-refractivity contribution < 1.29 is 9.59 Å². The molecule has 2 N–H and O–H groups in total. The lowest BCUT2D eigenvalue weighted by Gasteiger charge is -2.06. The van der Waals surface area contributed by atoms with Gasteiger partial charge in [0.1, 0.15) is 0 Å². The predicted molar refractivity (Wildman–Crippen MR) is 102 cm³/mol. The molecule has 2 amide bonds. The van der Waals surface area contributed by atoms with E-state index in [1.165, 1.54) is 6.21 Å². The fourth-order valence-corrected chi connectivity index (χ4v) is 2.54. The largest absolute Gasteiger partial charge is 0.325 e. The van der Waals surface area contributed by atoms with Crippen LogP contribution in [0.4, 0.5) is 5.69 Å². The van der Waals surface area contributed by atoms with E-state index in [4.69, 9.17) is 34.8 Å². The second-order valence-corrected chi connectivity index (χ2v) is 6.18. The van der Waals surface area contributed by atoms with Crippen molar-refractivity contribution >= 4 is 58.5 Å². The summed E-state index contributed by atoms with van der Waals surface area (Å²) in [5, 5.41) is 7.71. The molecule has 0 atom stereocenters. The Morgan fingerprint density at radius 1 is 0.880 bits per heavy atom. The molecule has 0 aliphatic heterocycles. The average Bonchev–Trinajstić information content (AvgIpc) is 2.58. The molecular formula is C17H14Cl3N3O2. The number of carbonyl (C=O) groups is 2. The highest BCUT2D eigenvalue weighted by molar-refractivity contribution is 6.38. The molecule has 8 heteroatoms. The SMILES string of the molecule is O=C(CCC(=O)Nc1ccccc1Cl)N/N=C/c1c(Cl)cccc1Cl. The van der Waals surface area contributed by atoms with Gasteiger partial charge in [-0.25, -0.2) is 5.43 Å². The van der Waals surface area contributed by atoms with Crippen molar-refractivity contribution in [3.63, 3.8) is 0 Å². The lowest BCUT2D eigenvalue weighted by Crippen LogP contribution is -2.20. The number of nitrogens with zero attached hydrogens (tertiary/aromatic N) is 1. The number of anilines is 1. The molecule has 0 aliphatic carbocycles. The van der Waals surface area contributed by atoms with Crippen molar-refractivity contribution in [1.29, 1.82) is 0 Å². The monoisotopic (exact) mass is 397 g/mol. The van der Waals surface area contributed by atoms with Gasteiger partial charge >= 0.3 is 0 Å². The van der Waals surface area contributed by atoms with Crippen molar-refractivity contribution in [2.75, 3.05) is 5.32 Å². The Hall–Kier alpha value is -2.08. The molecule has 0 heterocycles. The van der Waals surface area contributed by atoms with Crippen LogP contribution in [-0.2, 0) is 9.59 Å². The summed E-state index contributed by atoms with van der Waals surface area (Å²) in [6.07, 6.45) is 1.33. The van der Waals surface area contributed by atoms with Gasteiger partial charge in [-0.05, 0) is 24.3 Å². The predicted octanol–water partition coefficient (Wildman–Crippen LogP) is 4.52. The van der Waals surface area contributed by atoms with Crippen LogP contribution < -0.4 is 10.7 Å². The highest BCUT2D eigenvalue weighted by atomic mass is 35.5. The number of amides is 2. The highest BCUT2D eigenvalue weighted by Crippen LogP contribution is 2.22. The highest BCUT2D eigenvalue weighted by Gasteiger charge is 2.08. The fraction of sp³-hybridized carbons (Fsp3) is 0.118. The zero-order chi connectivity index (χ0) is 18.2. The molecule has 0 fully saturated rings. The summed E-state index contributed by atoms with van der Waals surface area (Å²) in [7, 11) is 0. The van der Waals surface area contributed by atoms with Gasteiger partial charge in [0, 0.05) is 18.4 Å². The van der Waals surface area contributed by atoms with E-state index in [2.05, 4.69) is 15.8 Å². The van der Waals surface area contributed by atoms with Gasteiger partial charge in [-0.15, -0.1) is 0 Å². The molecule has 0 bridgehead atoms. The maximum absolute atomic E-state index is 11.8. The smallest absolute Gasteiger partial charge is 0.240 e. The minimum Gasteiger partial charge on any atom is -0.325 e. The minimum absolute atomic E-state index is 0.000570. The van der Waals surface area contributed by atoms with Gasteiger partial charge in [-0.1, -0.05) is 53.0 Å². The Morgan fingerprint density at radius 3 is 2.16 bits per heavy atom. The van der Waals surface area contributed by atoms with E-state index in [1.807, 2.05) is 0 Å². The average molecular weight is 399 g/mol. The molecular weight excluding hydrogens is 385 g/mol. The van der Waals surface area contributed by atoms with Crippen molar-refractivity contribution in [1.82, 2.24) is 5.43 Å². The third kappa shape index (κ3) is 6.05. The Morgan fingerprint density at radius 2 is 1.48 bits per heavy atom. The van der Waals surface area contributed by atoms with Gasteiger partial charge in [-0.3, -0.25) is 9.59 Å². The number of rotatable bonds is 6. The molecule has 130 valence electrons. The summed E-state index contributed by atoms with van der Waals surface area (Å²) in [6, 6.07) is 11.9. The molecule has 25 heavy (non-hydrogen) atoms. The van der Waals surface area contributed by atoms with Crippen LogP contribution in [0.1, 0.15) is 18.4 Å². The normalized spacial score (nSPS) is 10.7. The van der Waals surface area contributed by atoms with E-state index < -0.39 is 5.91 Å². The molecule has 0 aliphatic rings. The maximum Gasteiger partial charge on any atom is 0.240 e. The second-order valence-electron chi connectivity index (χ2n) is 4.96. The number of hydrogen-bond donors (Lipinski definition) is 2.